The van der Waals surface area contributed by atoms with Crippen molar-refractivity contribution in [2.75, 3.05) is 27.3 Å². The van der Waals surface area contributed by atoms with E-state index in [4.69, 9.17) is 19.4 Å². The molecule has 370 valence electrons. The van der Waals surface area contributed by atoms with Crippen LogP contribution in [0, 0.1) is 11.8 Å². The molecule has 70 heavy (non-hydrogen) atoms. The standard InChI is InChI=1S/C56H70N8O6/c1-31(2)47(61-53(67)69-9)51(65)63-27-11-13-41(63)49-57-29-39(59-49)33-15-19-35(20-16-33)43-37-23-25-56(7,8)46(37)44(38-24-26-55(5,6)45(38)43)36-21-17-34(18-22-36)40-30-58-50(60-40)42-14-12-28-64(42)52(66)48(32(3)4)62-54(68)70-10/h15-22,29-32,41-42,47-48H,11-14,23-28H2,1-10H3,(H,57,59)(H,58,60)(H,61,67)(H,62,68)/t41-,42-,47?,48?/m0/s1. The van der Waals surface area contributed by atoms with Gasteiger partial charge in [0.2, 0.25) is 11.8 Å². The highest BCUT2D eigenvalue weighted by Crippen LogP contribution is 2.56. The highest BCUT2D eigenvalue weighted by Gasteiger charge is 2.44. The Kier molecular flexibility index (Phi) is 13.2. The number of H-pyrrole nitrogens is 2. The average molecular weight is 951 g/mol. The van der Waals surface area contributed by atoms with E-state index in [0.717, 1.165) is 85.5 Å². The lowest BCUT2D eigenvalue weighted by atomic mass is 9.73. The molecule has 4 heterocycles. The number of carbonyl (C=O) groups excluding carboxylic acids is 4. The summed E-state index contributed by atoms with van der Waals surface area (Å²) in [6, 6.07) is 16.1. The van der Waals surface area contributed by atoms with E-state index >= 15 is 0 Å². The van der Waals surface area contributed by atoms with Gasteiger partial charge in [-0.3, -0.25) is 9.59 Å². The summed E-state index contributed by atoms with van der Waals surface area (Å²) in [6.45, 7) is 18.5. The Balaban J connectivity index is 0.992. The molecular formula is C56H70N8O6. The van der Waals surface area contributed by atoms with E-state index in [1.807, 2.05) is 49.9 Å². The monoisotopic (exact) mass is 951 g/mol. The molecule has 2 aromatic heterocycles. The van der Waals surface area contributed by atoms with Crippen molar-refractivity contribution in [2.24, 2.45) is 11.8 Å². The predicted molar refractivity (Wildman–Crippen MR) is 271 cm³/mol. The molecule has 4 atom stereocenters. The molecule has 0 saturated carbocycles. The fourth-order valence-electron chi connectivity index (χ4n) is 11.9. The van der Waals surface area contributed by atoms with Crippen molar-refractivity contribution >= 4 is 24.0 Å². The van der Waals surface area contributed by atoms with Crippen LogP contribution in [0.1, 0.15) is 140 Å². The summed E-state index contributed by atoms with van der Waals surface area (Å²) >= 11 is 0. The van der Waals surface area contributed by atoms with Gasteiger partial charge in [0.05, 0.1) is 50.1 Å². The number of rotatable bonds is 12. The maximum atomic E-state index is 13.8. The van der Waals surface area contributed by atoms with Gasteiger partial charge in [-0.05, 0) is 130 Å². The van der Waals surface area contributed by atoms with E-state index in [0.29, 0.717) is 13.1 Å². The van der Waals surface area contributed by atoms with Gasteiger partial charge in [-0.15, -0.1) is 0 Å². The molecule has 3 aromatic carbocycles. The number of nitrogens with one attached hydrogen (secondary N) is 4. The number of fused-ring (bicyclic) bond motifs is 2. The van der Waals surface area contributed by atoms with Gasteiger partial charge in [0.15, 0.2) is 0 Å². The van der Waals surface area contributed by atoms with Gasteiger partial charge in [0, 0.05) is 13.1 Å². The topological polar surface area (TPSA) is 175 Å². The van der Waals surface area contributed by atoms with Crippen molar-refractivity contribution < 1.29 is 28.7 Å². The minimum absolute atomic E-state index is 0.0179. The van der Waals surface area contributed by atoms with E-state index in [-0.39, 0.29) is 46.6 Å². The van der Waals surface area contributed by atoms with Crippen LogP contribution in [0.15, 0.2) is 60.9 Å². The van der Waals surface area contributed by atoms with Crippen LogP contribution in [0.2, 0.25) is 0 Å². The van der Waals surface area contributed by atoms with Crippen LogP contribution in [-0.4, -0.2) is 93.1 Å². The number of nitrogens with zero attached hydrogens (tertiary/aromatic N) is 4. The summed E-state index contributed by atoms with van der Waals surface area (Å²) in [4.78, 5) is 72.3. The second-order valence-corrected chi connectivity index (χ2v) is 21.8. The number of hydrogen-bond acceptors (Lipinski definition) is 8. The second-order valence-electron chi connectivity index (χ2n) is 21.8. The number of likely N-dealkylation sites (tertiary alicyclic amines) is 2. The summed E-state index contributed by atoms with van der Waals surface area (Å²) in [5, 5.41) is 5.48. The highest BCUT2D eigenvalue weighted by atomic mass is 16.5. The maximum Gasteiger partial charge on any atom is 0.407 e. The summed E-state index contributed by atoms with van der Waals surface area (Å²) in [5.74, 6) is 1.03. The van der Waals surface area contributed by atoms with Crippen molar-refractivity contribution in [2.45, 2.75) is 142 Å². The van der Waals surface area contributed by atoms with E-state index in [1.54, 1.807) is 0 Å². The zero-order valence-corrected chi connectivity index (χ0v) is 42.5. The van der Waals surface area contributed by atoms with Crippen LogP contribution in [0.5, 0.6) is 0 Å². The highest BCUT2D eigenvalue weighted by molar-refractivity contribution is 5.89. The zero-order chi connectivity index (χ0) is 49.8. The minimum Gasteiger partial charge on any atom is -0.453 e. The van der Waals surface area contributed by atoms with Crippen LogP contribution in [-0.2, 0) is 42.7 Å². The molecule has 2 saturated heterocycles. The van der Waals surface area contributed by atoms with Crippen LogP contribution in [0.3, 0.4) is 0 Å². The van der Waals surface area contributed by atoms with Crippen LogP contribution in [0.4, 0.5) is 9.59 Å². The van der Waals surface area contributed by atoms with Crippen molar-refractivity contribution in [1.82, 2.24) is 40.4 Å². The smallest absolute Gasteiger partial charge is 0.407 e. The number of methoxy groups -OCH3 is 2. The van der Waals surface area contributed by atoms with Gasteiger partial charge in [-0.1, -0.05) is 104 Å². The third kappa shape index (κ3) is 8.87. The van der Waals surface area contributed by atoms with Gasteiger partial charge in [0.25, 0.3) is 0 Å². The molecule has 2 aliphatic heterocycles. The molecule has 5 aromatic rings. The van der Waals surface area contributed by atoms with Crippen molar-refractivity contribution in [3.8, 4) is 44.8 Å². The lowest BCUT2D eigenvalue weighted by Gasteiger charge is -2.30. The van der Waals surface area contributed by atoms with Gasteiger partial charge >= 0.3 is 12.2 Å². The zero-order valence-electron chi connectivity index (χ0n) is 42.5. The van der Waals surface area contributed by atoms with E-state index < -0.39 is 24.3 Å². The molecule has 14 nitrogen and oxygen atoms in total. The summed E-state index contributed by atoms with van der Waals surface area (Å²) in [7, 11) is 2.61. The van der Waals surface area contributed by atoms with Crippen molar-refractivity contribution in [3.05, 3.63) is 94.8 Å². The fourth-order valence-corrected chi connectivity index (χ4v) is 11.9. The Morgan fingerprint density at radius 2 is 0.957 bits per heavy atom. The Morgan fingerprint density at radius 1 is 0.600 bits per heavy atom. The number of carbonyl (C=O) groups is 4. The van der Waals surface area contributed by atoms with Crippen molar-refractivity contribution in [3.63, 3.8) is 0 Å². The molecule has 14 heteroatoms. The first-order valence-electron chi connectivity index (χ1n) is 25.3. The third-order valence-corrected chi connectivity index (χ3v) is 15.7. The number of hydrogen-bond donors (Lipinski definition) is 4. The lowest BCUT2D eigenvalue weighted by Crippen LogP contribution is -2.51. The van der Waals surface area contributed by atoms with Crippen LogP contribution < -0.4 is 10.6 Å². The molecule has 0 spiro atoms. The maximum absolute atomic E-state index is 13.8. The first-order chi connectivity index (χ1) is 33.4. The molecule has 2 aliphatic carbocycles. The summed E-state index contributed by atoms with van der Waals surface area (Å²) in [5.41, 5.74) is 14.9. The Bertz CT molecular complexity index is 2600. The number of ether oxygens (including phenoxy) is 2. The van der Waals surface area contributed by atoms with Crippen molar-refractivity contribution in [1.29, 1.82) is 0 Å². The van der Waals surface area contributed by atoms with Gasteiger partial charge in [-0.25, -0.2) is 19.6 Å². The minimum atomic E-state index is -0.690. The number of benzene rings is 3. The molecule has 0 radical (unpaired) electrons. The molecule has 4 aliphatic rings. The van der Waals surface area contributed by atoms with Gasteiger partial charge in [0.1, 0.15) is 23.7 Å². The SMILES string of the molecule is COC(=O)NC(C(=O)N1CCC[C@H]1c1ncc(-c2ccc(-c3c4c(c(-c5ccc(-c6cnc([C@@H]7CCCN7C(=O)C(NC(=O)OC)C(C)C)[nH]6)cc5)c5c3C(C)(C)CC5)C(C)(C)CC4)cc2)[nH]1)C(C)C. The fraction of sp³-hybridized carbons (Fsp3) is 0.500. The predicted octanol–water partition coefficient (Wildman–Crippen LogP) is 10.3. The Labute approximate surface area is 412 Å². The molecule has 2 fully saturated rings. The molecule has 9 rings (SSSR count). The number of amides is 4. The van der Waals surface area contributed by atoms with E-state index in [9.17, 15) is 19.2 Å². The average Bonchev–Trinajstić information content (AvgIpc) is 4.22. The first kappa shape index (κ1) is 48.6. The summed E-state index contributed by atoms with van der Waals surface area (Å²) in [6.07, 6.45) is 9.96. The van der Waals surface area contributed by atoms with Crippen LogP contribution in [0.25, 0.3) is 44.8 Å². The molecular weight excluding hydrogens is 881 g/mol. The van der Waals surface area contributed by atoms with E-state index in [2.05, 4.69) is 96.8 Å². The summed E-state index contributed by atoms with van der Waals surface area (Å²) < 4.78 is 9.65. The molecule has 0 bridgehead atoms. The molecule has 4 amide bonds. The third-order valence-electron chi connectivity index (χ3n) is 15.7. The number of imidazole rings is 2. The number of alkyl carbamates (subject to hydrolysis) is 2. The molecule has 2 unspecified atom stereocenters. The Morgan fingerprint density at radius 3 is 1.30 bits per heavy atom. The largest absolute Gasteiger partial charge is 0.453 e. The number of aromatic nitrogens is 4. The normalized spacial score (nSPS) is 19.8. The lowest BCUT2D eigenvalue weighted by molar-refractivity contribution is -0.136. The quantitative estimate of drug-likeness (QED) is 0.0956. The van der Waals surface area contributed by atoms with E-state index in [1.165, 1.54) is 58.7 Å². The Hall–Kier alpha value is -6.44. The van der Waals surface area contributed by atoms with Crippen LogP contribution >= 0.6 is 0 Å². The molecule has 4 N–H and O–H groups in total. The first-order valence-corrected chi connectivity index (χ1v) is 25.3. The second kappa shape index (κ2) is 19.0. The van der Waals surface area contributed by atoms with Gasteiger partial charge in [-0.2, -0.15) is 0 Å². The number of aromatic amines is 2. The van der Waals surface area contributed by atoms with Gasteiger partial charge < -0.3 is 39.9 Å².